The molecule has 0 bridgehead atoms. The molecule has 0 amide bonds. The summed E-state index contributed by atoms with van der Waals surface area (Å²) in [6.45, 7) is 2.29. The number of amidine groups is 1. The maximum Gasteiger partial charge on any atom is 0.161 e. The molecule has 1 atom stereocenters. The fourth-order valence-electron chi connectivity index (χ4n) is 2.94. The Morgan fingerprint density at radius 1 is 1.14 bits per heavy atom. The molecule has 0 aliphatic rings. The number of phenolic OH excluding ortho intramolecular Hbond substituents is 1. The van der Waals surface area contributed by atoms with Crippen molar-refractivity contribution in [2.45, 2.75) is 19.4 Å². The number of rotatable bonds is 7. The topological polar surface area (TPSA) is 100 Å². The van der Waals surface area contributed by atoms with Crippen molar-refractivity contribution in [3.8, 4) is 11.5 Å². The average molecular weight is 377 g/mol. The molecule has 0 saturated heterocycles. The molecule has 0 aromatic heterocycles. The lowest BCUT2D eigenvalue weighted by Gasteiger charge is -2.13. The van der Waals surface area contributed by atoms with E-state index >= 15 is 0 Å². The first kappa shape index (κ1) is 19.4. The van der Waals surface area contributed by atoms with Crippen LogP contribution in [0.5, 0.6) is 11.5 Å². The number of fused-ring (bicyclic) bond motifs is 1. The van der Waals surface area contributed by atoms with E-state index in [0.717, 1.165) is 16.3 Å². The Balaban J connectivity index is 1.70. The minimum atomic E-state index is -0.775. The van der Waals surface area contributed by atoms with Gasteiger partial charge in [0.05, 0.1) is 18.9 Å². The normalized spacial score (nSPS) is 13.1. The summed E-state index contributed by atoms with van der Waals surface area (Å²) in [5.41, 5.74) is 7.45. The lowest BCUT2D eigenvalue weighted by Crippen LogP contribution is -2.15. The molecule has 4 N–H and O–H groups in total. The number of nitrogens with zero attached hydrogens (tertiary/aromatic N) is 2. The van der Waals surface area contributed by atoms with Crippen molar-refractivity contribution < 1.29 is 14.9 Å². The van der Waals surface area contributed by atoms with Crippen LogP contribution in [0.3, 0.4) is 0 Å². The van der Waals surface area contributed by atoms with E-state index in [-0.39, 0.29) is 18.0 Å². The number of benzene rings is 3. The predicted octanol–water partition coefficient (Wildman–Crippen LogP) is 3.76. The van der Waals surface area contributed by atoms with Gasteiger partial charge in [0, 0.05) is 6.42 Å². The second kappa shape index (κ2) is 9.01. The number of phenols is 1. The molecule has 0 radical (unpaired) electrons. The lowest BCUT2D eigenvalue weighted by molar-refractivity contribution is 0.187. The van der Waals surface area contributed by atoms with Crippen LogP contribution in [0.15, 0.2) is 70.9 Å². The summed E-state index contributed by atoms with van der Waals surface area (Å²) in [4.78, 5) is 0. The van der Waals surface area contributed by atoms with Crippen molar-refractivity contribution in [2.24, 2.45) is 15.9 Å². The molecule has 0 aliphatic heterocycles. The molecule has 0 saturated carbocycles. The second-order valence-corrected chi connectivity index (χ2v) is 6.28. The quantitative estimate of drug-likeness (QED) is 0.331. The van der Waals surface area contributed by atoms with E-state index in [0.29, 0.717) is 17.9 Å². The first-order valence-corrected chi connectivity index (χ1v) is 9.05. The summed E-state index contributed by atoms with van der Waals surface area (Å²) in [6, 6.07) is 18.6. The third-order valence-corrected chi connectivity index (χ3v) is 4.26. The Morgan fingerprint density at radius 3 is 2.75 bits per heavy atom. The smallest absolute Gasteiger partial charge is 0.161 e. The van der Waals surface area contributed by atoms with Crippen molar-refractivity contribution in [3.63, 3.8) is 0 Å². The van der Waals surface area contributed by atoms with Crippen LogP contribution < -0.4 is 10.5 Å². The third kappa shape index (κ3) is 4.66. The van der Waals surface area contributed by atoms with Crippen LogP contribution in [0, 0.1) is 0 Å². The van der Waals surface area contributed by atoms with Gasteiger partial charge in [0.15, 0.2) is 11.5 Å². The largest absolute Gasteiger partial charge is 0.504 e. The molecule has 6 heteroatoms. The molecular formula is C22H23N3O3. The summed E-state index contributed by atoms with van der Waals surface area (Å²) in [6.07, 6.45) is 0.910. The van der Waals surface area contributed by atoms with Gasteiger partial charge in [-0.15, -0.1) is 5.10 Å². The SMILES string of the molecule is CCOc1cc(/C=N/N=C(\N)CC(O)c2cccc3ccccc23)ccc1O. The standard InChI is InChI=1S/C22H23N3O3/c1-2-28-21-12-15(10-11-19(21)26)14-24-25-22(23)13-20(27)18-9-5-7-16-6-3-4-8-17(16)18/h3-12,14,20,26-27H,2,13H2,1H3,(H2,23,25)/b24-14+. The fraction of sp³-hybridized carbons (Fsp3) is 0.182. The number of nitrogens with two attached hydrogens (primary N) is 1. The Hall–Kier alpha value is -3.38. The molecule has 1 unspecified atom stereocenters. The first-order valence-electron chi connectivity index (χ1n) is 9.05. The van der Waals surface area contributed by atoms with Gasteiger partial charge in [-0.3, -0.25) is 0 Å². The molecule has 0 spiro atoms. The van der Waals surface area contributed by atoms with E-state index < -0.39 is 6.10 Å². The molecule has 28 heavy (non-hydrogen) atoms. The van der Waals surface area contributed by atoms with Gasteiger partial charge in [-0.25, -0.2) is 0 Å². The van der Waals surface area contributed by atoms with Gasteiger partial charge in [-0.2, -0.15) is 5.10 Å². The van der Waals surface area contributed by atoms with Gasteiger partial charge in [0.2, 0.25) is 0 Å². The van der Waals surface area contributed by atoms with E-state index in [2.05, 4.69) is 10.2 Å². The summed E-state index contributed by atoms with van der Waals surface area (Å²) < 4.78 is 5.34. The highest BCUT2D eigenvalue weighted by Crippen LogP contribution is 2.27. The van der Waals surface area contributed by atoms with Crippen LogP contribution in [0.2, 0.25) is 0 Å². The molecule has 3 rings (SSSR count). The summed E-state index contributed by atoms with van der Waals surface area (Å²) in [5.74, 6) is 0.676. The Labute approximate surface area is 163 Å². The van der Waals surface area contributed by atoms with Crippen molar-refractivity contribution in [1.82, 2.24) is 0 Å². The first-order chi connectivity index (χ1) is 13.6. The Bertz CT molecular complexity index is 1010. The molecule has 0 fully saturated rings. The zero-order chi connectivity index (χ0) is 19.9. The van der Waals surface area contributed by atoms with E-state index in [1.54, 1.807) is 12.1 Å². The van der Waals surface area contributed by atoms with Crippen LogP contribution in [0.25, 0.3) is 10.8 Å². The van der Waals surface area contributed by atoms with Crippen LogP contribution in [-0.2, 0) is 0 Å². The summed E-state index contributed by atoms with van der Waals surface area (Å²) >= 11 is 0. The van der Waals surface area contributed by atoms with Crippen molar-refractivity contribution in [2.75, 3.05) is 6.61 Å². The molecule has 144 valence electrons. The third-order valence-electron chi connectivity index (χ3n) is 4.26. The van der Waals surface area contributed by atoms with Crippen molar-refractivity contribution in [3.05, 3.63) is 71.8 Å². The molecule has 3 aromatic rings. The minimum Gasteiger partial charge on any atom is -0.504 e. The highest BCUT2D eigenvalue weighted by Gasteiger charge is 2.12. The summed E-state index contributed by atoms with van der Waals surface area (Å²) in [7, 11) is 0. The zero-order valence-corrected chi connectivity index (χ0v) is 15.6. The monoisotopic (exact) mass is 377 g/mol. The highest BCUT2D eigenvalue weighted by molar-refractivity contribution is 5.88. The van der Waals surface area contributed by atoms with Gasteiger partial charge in [-0.1, -0.05) is 42.5 Å². The number of aromatic hydroxyl groups is 1. The lowest BCUT2D eigenvalue weighted by atomic mass is 9.98. The molecule has 0 aliphatic carbocycles. The maximum absolute atomic E-state index is 10.6. The van der Waals surface area contributed by atoms with Gasteiger partial charge >= 0.3 is 0 Å². The fourth-order valence-corrected chi connectivity index (χ4v) is 2.94. The van der Waals surface area contributed by atoms with Gasteiger partial charge in [-0.05, 0) is 47.0 Å². The maximum atomic E-state index is 10.6. The van der Waals surface area contributed by atoms with Gasteiger partial charge in [0.1, 0.15) is 5.84 Å². The number of ether oxygens (including phenoxy) is 1. The van der Waals surface area contributed by atoms with Crippen LogP contribution in [0.1, 0.15) is 30.6 Å². The number of aliphatic hydroxyl groups is 1. The minimum absolute atomic E-state index is 0.0697. The highest BCUT2D eigenvalue weighted by atomic mass is 16.5. The summed E-state index contributed by atoms with van der Waals surface area (Å²) in [5, 5.41) is 30.3. The van der Waals surface area contributed by atoms with E-state index in [4.69, 9.17) is 10.5 Å². The van der Waals surface area contributed by atoms with E-state index in [1.165, 1.54) is 12.3 Å². The van der Waals surface area contributed by atoms with Crippen LogP contribution in [-0.4, -0.2) is 28.9 Å². The van der Waals surface area contributed by atoms with Gasteiger partial charge < -0.3 is 20.7 Å². The number of hydrogen-bond donors (Lipinski definition) is 3. The molecule has 0 heterocycles. The average Bonchev–Trinajstić information content (AvgIpc) is 2.70. The Kier molecular flexibility index (Phi) is 6.24. The van der Waals surface area contributed by atoms with E-state index in [1.807, 2.05) is 49.4 Å². The van der Waals surface area contributed by atoms with Crippen LogP contribution >= 0.6 is 0 Å². The molecule has 6 nitrogen and oxygen atoms in total. The van der Waals surface area contributed by atoms with E-state index in [9.17, 15) is 10.2 Å². The molecular weight excluding hydrogens is 354 g/mol. The zero-order valence-electron chi connectivity index (χ0n) is 15.6. The second-order valence-electron chi connectivity index (χ2n) is 6.28. The predicted molar refractivity (Wildman–Crippen MR) is 112 cm³/mol. The molecule has 3 aromatic carbocycles. The Morgan fingerprint density at radius 2 is 1.93 bits per heavy atom. The van der Waals surface area contributed by atoms with Crippen LogP contribution in [0.4, 0.5) is 0 Å². The number of hydrogen-bond acceptors (Lipinski definition) is 5. The van der Waals surface area contributed by atoms with Crippen molar-refractivity contribution in [1.29, 1.82) is 0 Å². The number of aliphatic hydroxyl groups excluding tert-OH is 1. The van der Waals surface area contributed by atoms with Gasteiger partial charge in [0.25, 0.3) is 0 Å². The van der Waals surface area contributed by atoms with Crippen molar-refractivity contribution >= 4 is 22.8 Å².